The highest BCUT2D eigenvalue weighted by Gasteiger charge is 2.23. The van der Waals surface area contributed by atoms with Gasteiger partial charge < -0.3 is 10.6 Å². The largest absolute Gasteiger partial charge is 0.337 e. The molecule has 2 amide bonds. The predicted molar refractivity (Wildman–Crippen MR) is 91.1 cm³/mol. The molecule has 0 heterocycles. The number of rotatable bonds is 8. The number of nitrogens with zero attached hydrogens (tertiary/aromatic N) is 1. The van der Waals surface area contributed by atoms with E-state index in [1.54, 1.807) is 12.1 Å². The molecule has 128 valence electrons. The lowest BCUT2D eigenvalue weighted by molar-refractivity contribution is 0.239. The van der Waals surface area contributed by atoms with Gasteiger partial charge in [0, 0.05) is 30.7 Å². The molecule has 0 aliphatic heterocycles. The lowest BCUT2D eigenvalue weighted by atomic mass is 10.1. The summed E-state index contributed by atoms with van der Waals surface area (Å²) in [5.74, 6) is 0. The van der Waals surface area contributed by atoms with Crippen molar-refractivity contribution < 1.29 is 13.2 Å². The molecule has 1 saturated carbocycles. The summed E-state index contributed by atoms with van der Waals surface area (Å²) >= 11 is 5.83. The number of hydrogen-bond donors (Lipinski definition) is 2. The maximum atomic E-state index is 11.8. The molecule has 0 spiro atoms. The molecule has 1 fully saturated rings. The molecule has 0 radical (unpaired) electrons. The molecule has 6 nitrogen and oxygen atoms in total. The van der Waals surface area contributed by atoms with E-state index < -0.39 is 10.0 Å². The Morgan fingerprint density at radius 1 is 1.26 bits per heavy atom. The summed E-state index contributed by atoms with van der Waals surface area (Å²) in [4.78, 5) is 11.5. The number of carbonyl (C=O) groups excluding carboxylic acids is 1. The van der Waals surface area contributed by atoms with Crippen molar-refractivity contribution in [1.82, 2.24) is 14.9 Å². The number of sulfonamides is 1. The van der Waals surface area contributed by atoms with Crippen molar-refractivity contribution in [3.63, 3.8) is 0 Å². The summed E-state index contributed by atoms with van der Waals surface area (Å²) in [6.45, 7) is 0.906. The van der Waals surface area contributed by atoms with Gasteiger partial charge in [-0.3, -0.25) is 0 Å². The Kier molecular flexibility index (Phi) is 6.26. The van der Waals surface area contributed by atoms with Crippen molar-refractivity contribution >= 4 is 27.7 Å². The molecule has 2 N–H and O–H groups in total. The van der Waals surface area contributed by atoms with Crippen LogP contribution in [0.15, 0.2) is 24.3 Å². The fourth-order valence-corrected chi connectivity index (χ4v) is 3.08. The van der Waals surface area contributed by atoms with Gasteiger partial charge in [-0.05, 0) is 37.0 Å². The van der Waals surface area contributed by atoms with Gasteiger partial charge in [0.05, 0.1) is 6.26 Å². The van der Waals surface area contributed by atoms with Gasteiger partial charge in [-0.15, -0.1) is 0 Å². The van der Waals surface area contributed by atoms with Crippen LogP contribution in [0.2, 0.25) is 5.02 Å². The molecule has 8 heteroatoms. The number of hydrogen-bond acceptors (Lipinski definition) is 3. The van der Waals surface area contributed by atoms with E-state index in [0.29, 0.717) is 18.0 Å². The summed E-state index contributed by atoms with van der Waals surface area (Å²) < 4.78 is 25.1. The van der Waals surface area contributed by atoms with Gasteiger partial charge >= 0.3 is 6.03 Å². The van der Waals surface area contributed by atoms with Gasteiger partial charge in [0.2, 0.25) is 10.0 Å². The van der Waals surface area contributed by atoms with Gasteiger partial charge in [0.15, 0.2) is 0 Å². The molecule has 0 atom stereocenters. The fraction of sp³-hybridized carbons (Fsp3) is 0.533. The molecule has 0 bridgehead atoms. The van der Waals surface area contributed by atoms with Crippen LogP contribution in [0.4, 0.5) is 4.79 Å². The maximum Gasteiger partial charge on any atom is 0.315 e. The SMILES string of the molecule is CS(=O)(=O)N(CCNC(=O)NC1CC1)CCc1ccc(Cl)cc1. The van der Waals surface area contributed by atoms with E-state index in [9.17, 15) is 13.2 Å². The average molecular weight is 360 g/mol. The highest BCUT2D eigenvalue weighted by Crippen LogP contribution is 2.18. The summed E-state index contributed by atoms with van der Waals surface area (Å²) in [7, 11) is -3.32. The van der Waals surface area contributed by atoms with E-state index >= 15 is 0 Å². The molecular weight excluding hydrogens is 338 g/mol. The summed E-state index contributed by atoms with van der Waals surface area (Å²) in [5, 5.41) is 6.14. The Labute approximate surface area is 142 Å². The van der Waals surface area contributed by atoms with Gasteiger partial charge in [0.1, 0.15) is 0 Å². The zero-order chi connectivity index (χ0) is 16.9. The second-order valence-corrected chi connectivity index (χ2v) is 8.13. The third kappa shape index (κ3) is 6.76. The van der Waals surface area contributed by atoms with E-state index in [4.69, 9.17) is 11.6 Å². The molecule has 1 aromatic rings. The third-order valence-corrected chi connectivity index (χ3v) is 5.15. The van der Waals surface area contributed by atoms with Crippen LogP contribution < -0.4 is 10.6 Å². The molecule has 1 aliphatic rings. The maximum absolute atomic E-state index is 11.8. The Hall–Kier alpha value is -1.31. The molecule has 0 aromatic heterocycles. The molecule has 0 saturated heterocycles. The standard InChI is InChI=1S/C15H22ClN3O3S/c1-23(21,22)19(10-8-12-2-4-13(16)5-3-12)11-9-17-15(20)18-14-6-7-14/h2-5,14H,6-11H2,1H3,(H2,17,18,20). The first-order valence-electron chi connectivity index (χ1n) is 7.58. The number of amides is 2. The van der Waals surface area contributed by atoms with Crippen LogP contribution in [0, 0.1) is 0 Å². The van der Waals surface area contributed by atoms with E-state index in [1.807, 2.05) is 12.1 Å². The molecule has 1 aromatic carbocycles. The highest BCUT2D eigenvalue weighted by atomic mass is 35.5. The second-order valence-electron chi connectivity index (χ2n) is 5.71. The number of halogens is 1. The Morgan fingerprint density at radius 2 is 1.91 bits per heavy atom. The van der Waals surface area contributed by atoms with E-state index in [0.717, 1.165) is 18.4 Å². The van der Waals surface area contributed by atoms with Gasteiger partial charge in [-0.1, -0.05) is 23.7 Å². The summed E-state index contributed by atoms with van der Waals surface area (Å²) in [5.41, 5.74) is 1.02. The normalized spacial score (nSPS) is 14.7. The minimum absolute atomic E-state index is 0.237. The first-order valence-corrected chi connectivity index (χ1v) is 9.81. The first-order chi connectivity index (χ1) is 10.8. The van der Waals surface area contributed by atoms with Crippen LogP contribution in [-0.4, -0.2) is 50.7 Å². The lowest BCUT2D eigenvalue weighted by Crippen LogP contribution is -2.43. The van der Waals surface area contributed by atoms with Crippen molar-refractivity contribution in [1.29, 1.82) is 0 Å². The predicted octanol–water partition coefficient (Wildman–Crippen LogP) is 1.61. The Bertz CT molecular complexity index is 630. The van der Waals surface area contributed by atoms with Crippen molar-refractivity contribution in [2.45, 2.75) is 25.3 Å². The quantitative estimate of drug-likeness (QED) is 0.740. The zero-order valence-electron chi connectivity index (χ0n) is 13.1. The zero-order valence-corrected chi connectivity index (χ0v) is 14.7. The van der Waals surface area contributed by atoms with Gasteiger partial charge in [0.25, 0.3) is 0 Å². The fourth-order valence-electron chi connectivity index (χ4n) is 2.11. The van der Waals surface area contributed by atoms with Crippen molar-refractivity contribution in [3.8, 4) is 0 Å². The monoisotopic (exact) mass is 359 g/mol. The molecule has 23 heavy (non-hydrogen) atoms. The molecule has 0 unspecified atom stereocenters. The van der Waals surface area contributed by atoms with Gasteiger partial charge in [-0.2, -0.15) is 0 Å². The number of nitrogens with one attached hydrogen (secondary N) is 2. The van der Waals surface area contributed by atoms with Crippen LogP contribution in [-0.2, 0) is 16.4 Å². The minimum atomic E-state index is -3.32. The lowest BCUT2D eigenvalue weighted by Gasteiger charge is -2.20. The van der Waals surface area contributed by atoms with Crippen LogP contribution in [0.5, 0.6) is 0 Å². The van der Waals surface area contributed by atoms with E-state index in [1.165, 1.54) is 10.6 Å². The van der Waals surface area contributed by atoms with Crippen molar-refractivity contribution in [2.75, 3.05) is 25.9 Å². The Balaban J connectivity index is 1.79. The van der Waals surface area contributed by atoms with E-state index in [-0.39, 0.29) is 25.2 Å². The summed E-state index contributed by atoms with van der Waals surface area (Å²) in [6.07, 6.45) is 3.81. The number of urea groups is 1. The topological polar surface area (TPSA) is 78.5 Å². The smallest absolute Gasteiger partial charge is 0.315 e. The molecule has 2 rings (SSSR count). The number of carbonyl (C=O) groups is 1. The third-order valence-electron chi connectivity index (χ3n) is 3.59. The van der Waals surface area contributed by atoms with Crippen molar-refractivity contribution in [2.24, 2.45) is 0 Å². The number of benzene rings is 1. The molecular formula is C15H22ClN3O3S. The van der Waals surface area contributed by atoms with Crippen LogP contribution in [0.1, 0.15) is 18.4 Å². The minimum Gasteiger partial charge on any atom is -0.337 e. The van der Waals surface area contributed by atoms with Crippen molar-refractivity contribution in [3.05, 3.63) is 34.9 Å². The van der Waals surface area contributed by atoms with Crippen LogP contribution in [0.25, 0.3) is 0 Å². The van der Waals surface area contributed by atoms with Crippen LogP contribution >= 0.6 is 11.6 Å². The van der Waals surface area contributed by atoms with Gasteiger partial charge in [-0.25, -0.2) is 17.5 Å². The summed E-state index contributed by atoms with van der Waals surface area (Å²) in [6, 6.07) is 7.37. The van der Waals surface area contributed by atoms with E-state index in [2.05, 4.69) is 10.6 Å². The Morgan fingerprint density at radius 3 is 2.48 bits per heavy atom. The molecule has 1 aliphatic carbocycles. The first kappa shape index (κ1) is 18.0. The average Bonchev–Trinajstić information content (AvgIpc) is 3.27. The second kappa shape index (κ2) is 7.99. The van der Waals surface area contributed by atoms with Crippen LogP contribution in [0.3, 0.4) is 0 Å². The highest BCUT2D eigenvalue weighted by molar-refractivity contribution is 7.88.